The van der Waals surface area contributed by atoms with E-state index in [1.54, 1.807) is 32.4 Å². The molecule has 7 heteroatoms. The topological polar surface area (TPSA) is 66.3 Å². The molecule has 0 aliphatic carbocycles. The van der Waals surface area contributed by atoms with Crippen LogP contribution in [0.15, 0.2) is 47.5 Å². The summed E-state index contributed by atoms with van der Waals surface area (Å²) in [6.45, 7) is 3.70. The molecule has 27 heavy (non-hydrogen) atoms. The maximum Gasteiger partial charge on any atom is 0.193 e. The van der Waals surface area contributed by atoms with Crippen LogP contribution in [-0.4, -0.2) is 50.3 Å². The number of nitrogens with one attached hydrogen (secondary N) is 1. The zero-order chi connectivity index (χ0) is 18.9. The number of phenolic OH excluding ortho intramolecular Hbond substituents is 1. The molecule has 0 atom stereocenters. The van der Waals surface area contributed by atoms with Gasteiger partial charge in [0.25, 0.3) is 0 Å². The molecule has 2 rings (SSSR count). The van der Waals surface area contributed by atoms with E-state index in [4.69, 9.17) is 9.47 Å². The Morgan fingerprint density at radius 3 is 2.63 bits per heavy atom. The van der Waals surface area contributed by atoms with Gasteiger partial charge in [-0.25, -0.2) is 0 Å². The molecular weight excluding hydrogens is 457 g/mol. The van der Waals surface area contributed by atoms with Crippen LogP contribution in [0.1, 0.15) is 11.1 Å². The van der Waals surface area contributed by atoms with Crippen molar-refractivity contribution in [3.8, 4) is 17.2 Å². The van der Waals surface area contributed by atoms with E-state index in [2.05, 4.69) is 10.3 Å². The van der Waals surface area contributed by atoms with Crippen LogP contribution in [0, 0.1) is 6.92 Å². The highest BCUT2D eigenvalue weighted by Crippen LogP contribution is 2.22. The molecule has 0 amide bonds. The van der Waals surface area contributed by atoms with Gasteiger partial charge in [0, 0.05) is 26.2 Å². The zero-order valence-corrected chi connectivity index (χ0v) is 18.6. The van der Waals surface area contributed by atoms with Crippen molar-refractivity contribution in [2.75, 3.05) is 34.4 Å². The average Bonchev–Trinajstić information content (AvgIpc) is 2.65. The number of methoxy groups -OCH3 is 1. The Bertz CT molecular complexity index is 753. The fraction of sp³-hybridized carbons (Fsp3) is 0.350. The van der Waals surface area contributed by atoms with Crippen molar-refractivity contribution in [1.29, 1.82) is 0 Å². The number of rotatable bonds is 7. The Morgan fingerprint density at radius 1 is 1.22 bits per heavy atom. The molecule has 2 N–H and O–H groups in total. The summed E-state index contributed by atoms with van der Waals surface area (Å²) in [6, 6.07) is 13.1. The zero-order valence-electron chi connectivity index (χ0n) is 16.2. The van der Waals surface area contributed by atoms with Gasteiger partial charge in [-0.2, -0.15) is 0 Å². The van der Waals surface area contributed by atoms with Gasteiger partial charge < -0.3 is 24.8 Å². The number of hydrogen-bond acceptors (Lipinski definition) is 4. The number of benzene rings is 2. The molecule has 0 unspecified atom stereocenters. The number of aromatic hydroxyl groups is 1. The molecular formula is C20H28IN3O3. The molecule has 2 aromatic rings. The number of halogens is 1. The van der Waals surface area contributed by atoms with E-state index in [0.29, 0.717) is 25.4 Å². The Kier molecular flexibility index (Phi) is 9.77. The molecule has 0 bridgehead atoms. The van der Waals surface area contributed by atoms with E-state index in [-0.39, 0.29) is 29.7 Å². The lowest BCUT2D eigenvalue weighted by molar-refractivity contribution is 0.280. The minimum absolute atomic E-state index is 0. The number of guanidine groups is 1. The van der Waals surface area contributed by atoms with Crippen LogP contribution in [0.25, 0.3) is 0 Å². The van der Waals surface area contributed by atoms with Crippen molar-refractivity contribution in [1.82, 2.24) is 10.2 Å². The smallest absolute Gasteiger partial charge is 0.193 e. The van der Waals surface area contributed by atoms with Gasteiger partial charge in [0.2, 0.25) is 0 Å². The van der Waals surface area contributed by atoms with E-state index in [0.717, 1.165) is 22.8 Å². The van der Waals surface area contributed by atoms with Gasteiger partial charge in [0.15, 0.2) is 5.96 Å². The minimum atomic E-state index is 0. The third-order valence-electron chi connectivity index (χ3n) is 4.07. The predicted molar refractivity (Wildman–Crippen MR) is 120 cm³/mol. The van der Waals surface area contributed by atoms with E-state index >= 15 is 0 Å². The van der Waals surface area contributed by atoms with Crippen LogP contribution in [0.5, 0.6) is 17.2 Å². The van der Waals surface area contributed by atoms with Crippen molar-refractivity contribution in [2.24, 2.45) is 4.99 Å². The van der Waals surface area contributed by atoms with Gasteiger partial charge >= 0.3 is 0 Å². The molecule has 0 aliphatic rings. The molecule has 0 saturated heterocycles. The Labute approximate surface area is 178 Å². The van der Waals surface area contributed by atoms with Gasteiger partial charge in [0.05, 0.1) is 13.7 Å². The predicted octanol–water partition coefficient (Wildman–Crippen LogP) is 3.41. The van der Waals surface area contributed by atoms with E-state index in [1.807, 2.05) is 43.1 Å². The lowest BCUT2D eigenvalue weighted by Crippen LogP contribution is -2.40. The Hall–Kier alpha value is -2.16. The van der Waals surface area contributed by atoms with E-state index < -0.39 is 0 Å². The Balaban J connectivity index is 0.00000364. The van der Waals surface area contributed by atoms with Crippen LogP contribution in [-0.2, 0) is 6.54 Å². The van der Waals surface area contributed by atoms with E-state index in [1.165, 1.54) is 0 Å². The maximum absolute atomic E-state index is 9.98. The first-order valence-electron chi connectivity index (χ1n) is 8.51. The molecule has 0 aliphatic heterocycles. The molecule has 2 aromatic carbocycles. The monoisotopic (exact) mass is 485 g/mol. The van der Waals surface area contributed by atoms with Crippen LogP contribution >= 0.6 is 24.0 Å². The number of aliphatic imine (C=N–C) groups is 1. The number of nitrogens with zero attached hydrogens (tertiary/aromatic N) is 2. The third-order valence-corrected chi connectivity index (χ3v) is 4.07. The van der Waals surface area contributed by atoms with Crippen molar-refractivity contribution in [3.63, 3.8) is 0 Å². The molecule has 0 aromatic heterocycles. The molecule has 0 spiro atoms. The van der Waals surface area contributed by atoms with Gasteiger partial charge in [-0.15, -0.1) is 24.0 Å². The second kappa shape index (κ2) is 11.5. The van der Waals surface area contributed by atoms with Crippen molar-refractivity contribution >= 4 is 29.9 Å². The van der Waals surface area contributed by atoms with Gasteiger partial charge in [0.1, 0.15) is 23.9 Å². The summed E-state index contributed by atoms with van der Waals surface area (Å²) in [4.78, 5) is 6.26. The largest absolute Gasteiger partial charge is 0.508 e. The number of phenols is 1. The lowest BCUT2D eigenvalue weighted by atomic mass is 10.2. The molecule has 148 valence electrons. The SMILES string of the molecule is CN=C(NCc1cc(OC)ccc1O)N(C)CCOc1ccccc1C.I. The van der Waals surface area contributed by atoms with Crippen molar-refractivity contribution in [2.45, 2.75) is 13.5 Å². The first-order chi connectivity index (χ1) is 12.5. The number of ether oxygens (including phenoxy) is 2. The minimum Gasteiger partial charge on any atom is -0.508 e. The molecule has 0 radical (unpaired) electrons. The number of likely N-dealkylation sites (N-methyl/N-ethyl adjacent to an activating group) is 1. The molecule has 0 heterocycles. The summed E-state index contributed by atoms with van der Waals surface area (Å²) >= 11 is 0. The second-order valence-corrected chi connectivity index (χ2v) is 5.93. The van der Waals surface area contributed by atoms with Crippen LogP contribution in [0.3, 0.4) is 0 Å². The summed E-state index contributed by atoms with van der Waals surface area (Å²) in [5, 5.41) is 13.2. The number of para-hydroxylation sites is 1. The van der Waals surface area contributed by atoms with Crippen LogP contribution in [0.2, 0.25) is 0 Å². The second-order valence-electron chi connectivity index (χ2n) is 5.93. The van der Waals surface area contributed by atoms with Crippen LogP contribution in [0.4, 0.5) is 0 Å². The quantitative estimate of drug-likeness (QED) is 0.358. The van der Waals surface area contributed by atoms with E-state index in [9.17, 15) is 5.11 Å². The van der Waals surface area contributed by atoms with Gasteiger partial charge in [-0.3, -0.25) is 4.99 Å². The highest BCUT2D eigenvalue weighted by atomic mass is 127. The summed E-state index contributed by atoms with van der Waals surface area (Å²) in [5.41, 5.74) is 1.86. The first-order valence-corrected chi connectivity index (χ1v) is 8.51. The molecule has 0 fully saturated rings. The summed E-state index contributed by atoms with van der Waals surface area (Å²) in [7, 11) is 5.28. The van der Waals surface area contributed by atoms with Crippen molar-refractivity contribution in [3.05, 3.63) is 53.6 Å². The van der Waals surface area contributed by atoms with Gasteiger partial charge in [-0.1, -0.05) is 18.2 Å². The maximum atomic E-state index is 9.98. The highest BCUT2D eigenvalue weighted by Gasteiger charge is 2.09. The number of aryl methyl sites for hydroxylation is 1. The third kappa shape index (κ3) is 6.82. The normalized spacial score (nSPS) is 10.7. The fourth-order valence-electron chi connectivity index (χ4n) is 2.51. The highest BCUT2D eigenvalue weighted by molar-refractivity contribution is 14.0. The van der Waals surface area contributed by atoms with Gasteiger partial charge in [-0.05, 0) is 36.8 Å². The lowest BCUT2D eigenvalue weighted by Gasteiger charge is -2.22. The average molecular weight is 485 g/mol. The molecule has 0 saturated carbocycles. The summed E-state index contributed by atoms with van der Waals surface area (Å²) < 4.78 is 11.0. The van der Waals surface area contributed by atoms with Crippen molar-refractivity contribution < 1.29 is 14.6 Å². The first kappa shape index (κ1) is 22.9. The standard InChI is InChI=1S/C20H27N3O3.HI/c1-15-7-5-6-8-19(15)26-12-11-23(3)20(21-2)22-14-16-13-17(25-4)9-10-18(16)24;/h5-10,13,24H,11-12,14H2,1-4H3,(H,21,22);1H. The molecule has 6 nitrogen and oxygen atoms in total. The van der Waals surface area contributed by atoms with Crippen LogP contribution < -0.4 is 14.8 Å². The summed E-state index contributed by atoms with van der Waals surface area (Å²) in [6.07, 6.45) is 0. The Morgan fingerprint density at radius 2 is 1.96 bits per heavy atom. The fourth-order valence-corrected chi connectivity index (χ4v) is 2.51. The number of hydrogen-bond donors (Lipinski definition) is 2. The summed E-state index contributed by atoms with van der Waals surface area (Å²) in [5.74, 6) is 2.54.